The first-order valence-corrected chi connectivity index (χ1v) is 7.92. The zero-order valence-corrected chi connectivity index (χ0v) is 13.4. The predicted molar refractivity (Wildman–Crippen MR) is 84.4 cm³/mol. The van der Waals surface area contributed by atoms with Gasteiger partial charge in [-0.15, -0.1) is 0 Å². The molecule has 1 fully saturated rings. The fourth-order valence-corrected chi connectivity index (χ4v) is 2.82. The van der Waals surface area contributed by atoms with Crippen LogP contribution >= 0.6 is 0 Å². The summed E-state index contributed by atoms with van der Waals surface area (Å²) in [5.74, 6) is 1.67. The molecule has 1 aromatic rings. The summed E-state index contributed by atoms with van der Waals surface area (Å²) in [4.78, 5) is 22.9. The summed E-state index contributed by atoms with van der Waals surface area (Å²) in [7, 11) is 0. The summed E-state index contributed by atoms with van der Waals surface area (Å²) in [6.07, 6.45) is 5.65. The van der Waals surface area contributed by atoms with Gasteiger partial charge in [0.15, 0.2) is 0 Å². The van der Waals surface area contributed by atoms with Gasteiger partial charge in [-0.1, -0.05) is 6.92 Å². The molecule has 1 aliphatic rings. The highest BCUT2D eigenvalue weighted by molar-refractivity contribution is 5.75. The first-order valence-electron chi connectivity index (χ1n) is 7.92. The van der Waals surface area contributed by atoms with Crippen LogP contribution in [0.25, 0.3) is 0 Å². The van der Waals surface area contributed by atoms with E-state index in [-0.39, 0.29) is 5.91 Å². The third kappa shape index (κ3) is 4.41. The van der Waals surface area contributed by atoms with Gasteiger partial charge in [0.2, 0.25) is 5.91 Å². The van der Waals surface area contributed by atoms with Gasteiger partial charge in [-0.05, 0) is 39.0 Å². The van der Waals surface area contributed by atoms with Crippen molar-refractivity contribution in [2.45, 2.75) is 46.5 Å². The third-order valence-corrected chi connectivity index (χ3v) is 3.93. The Morgan fingerprint density at radius 1 is 1.48 bits per heavy atom. The minimum absolute atomic E-state index is 0.168. The van der Waals surface area contributed by atoms with E-state index in [0.717, 1.165) is 49.7 Å². The summed E-state index contributed by atoms with van der Waals surface area (Å²) in [6, 6.07) is 0. The lowest BCUT2D eigenvalue weighted by molar-refractivity contribution is -0.121. The minimum Gasteiger partial charge on any atom is -0.356 e. The van der Waals surface area contributed by atoms with Gasteiger partial charge < -0.3 is 10.2 Å². The maximum Gasteiger partial charge on any atom is 0.219 e. The minimum atomic E-state index is 0.168. The fraction of sp³-hybridized carbons (Fsp3) is 0.688. The molecule has 1 aliphatic heterocycles. The Balaban J connectivity index is 1.94. The van der Waals surface area contributed by atoms with E-state index in [1.807, 2.05) is 27.0 Å². The SMILES string of the molecule is CCCC(=O)NCC1CCCN(c2nc(C)cnc2C)C1. The monoisotopic (exact) mass is 290 g/mol. The molecule has 1 atom stereocenters. The molecule has 0 saturated carbocycles. The van der Waals surface area contributed by atoms with Gasteiger partial charge in [-0.3, -0.25) is 9.78 Å². The van der Waals surface area contributed by atoms with Gasteiger partial charge in [-0.2, -0.15) is 0 Å². The molecule has 116 valence electrons. The average molecular weight is 290 g/mol. The summed E-state index contributed by atoms with van der Waals surface area (Å²) in [5.41, 5.74) is 1.94. The van der Waals surface area contributed by atoms with Crippen molar-refractivity contribution < 1.29 is 4.79 Å². The van der Waals surface area contributed by atoms with Crippen molar-refractivity contribution >= 4 is 11.7 Å². The summed E-state index contributed by atoms with van der Waals surface area (Å²) >= 11 is 0. The van der Waals surface area contributed by atoms with E-state index in [9.17, 15) is 4.79 Å². The molecule has 1 saturated heterocycles. The van der Waals surface area contributed by atoms with Crippen LogP contribution in [-0.2, 0) is 4.79 Å². The standard InChI is InChI=1S/C16H26N4O/c1-4-6-15(21)18-10-14-7-5-8-20(11-14)16-13(3)17-9-12(2)19-16/h9,14H,4-8,10-11H2,1-3H3,(H,18,21). The lowest BCUT2D eigenvalue weighted by Gasteiger charge is -2.34. The van der Waals surface area contributed by atoms with Crippen LogP contribution in [0.15, 0.2) is 6.20 Å². The molecule has 2 rings (SSSR count). The Labute approximate surface area is 127 Å². The Bertz CT molecular complexity index is 489. The molecule has 1 N–H and O–H groups in total. The molecule has 1 unspecified atom stereocenters. The molecular formula is C16H26N4O. The largest absolute Gasteiger partial charge is 0.356 e. The van der Waals surface area contributed by atoms with Crippen molar-refractivity contribution in [3.8, 4) is 0 Å². The van der Waals surface area contributed by atoms with Gasteiger partial charge >= 0.3 is 0 Å². The molecule has 5 heteroatoms. The van der Waals surface area contributed by atoms with Gasteiger partial charge in [0.1, 0.15) is 5.82 Å². The fourth-order valence-electron chi connectivity index (χ4n) is 2.82. The number of carbonyl (C=O) groups is 1. The van der Waals surface area contributed by atoms with E-state index in [1.54, 1.807) is 0 Å². The zero-order valence-electron chi connectivity index (χ0n) is 13.4. The maximum atomic E-state index is 11.6. The Kier molecular flexibility index (Phi) is 5.53. The van der Waals surface area contributed by atoms with Gasteiger partial charge in [0.25, 0.3) is 0 Å². The van der Waals surface area contributed by atoms with Gasteiger partial charge in [0.05, 0.1) is 11.4 Å². The summed E-state index contributed by atoms with van der Waals surface area (Å²) in [5, 5.41) is 3.05. The lowest BCUT2D eigenvalue weighted by atomic mass is 9.97. The van der Waals surface area contributed by atoms with Crippen molar-refractivity contribution in [2.24, 2.45) is 5.92 Å². The average Bonchev–Trinajstić information content (AvgIpc) is 2.48. The van der Waals surface area contributed by atoms with Crippen molar-refractivity contribution in [3.05, 3.63) is 17.6 Å². The second kappa shape index (κ2) is 7.38. The Morgan fingerprint density at radius 2 is 2.29 bits per heavy atom. The van der Waals surface area contributed by atoms with Gasteiger partial charge in [0, 0.05) is 32.3 Å². The van der Waals surface area contributed by atoms with Crippen molar-refractivity contribution in [1.29, 1.82) is 0 Å². The quantitative estimate of drug-likeness (QED) is 0.903. The van der Waals surface area contributed by atoms with Crippen LogP contribution in [-0.4, -0.2) is 35.5 Å². The number of carbonyl (C=O) groups excluding carboxylic acids is 1. The summed E-state index contributed by atoms with van der Waals surface area (Å²) in [6.45, 7) is 8.76. The third-order valence-electron chi connectivity index (χ3n) is 3.93. The van der Waals surface area contributed by atoms with Crippen LogP contribution < -0.4 is 10.2 Å². The van der Waals surface area contributed by atoms with E-state index in [4.69, 9.17) is 0 Å². The maximum absolute atomic E-state index is 11.6. The number of hydrogen-bond donors (Lipinski definition) is 1. The Morgan fingerprint density at radius 3 is 3.05 bits per heavy atom. The van der Waals surface area contributed by atoms with E-state index in [0.29, 0.717) is 12.3 Å². The Hall–Kier alpha value is -1.65. The molecule has 21 heavy (non-hydrogen) atoms. The number of anilines is 1. The molecule has 0 bridgehead atoms. The van der Waals surface area contributed by atoms with E-state index in [2.05, 4.69) is 20.2 Å². The number of nitrogens with zero attached hydrogens (tertiary/aromatic N) is 3. The number of aromatic nitrogens is 2. The van der Waals surface area contributed by atoms with Crippen LogP contribution in [0.4, 0.5) is 5.82 Å². The second-order valence-electron chi connectivity index (χ2n) is 5.93. The number of aryl methyl sites for hydroxylation is 2. The topological polar surface area (TPSA) is 58.1 Å². The molecule has 1 aromatic heterocycles. The number of amides is 1. The second-order valence-corrected chi connectivity index (χ2v) is 5.93. The molecule has 0 radical (unpaired) electrons. The highest BCUT2D eigenvalue weighted by Gasteiger charge is 2.22. The van der Waals surface area contributed by atoms with E-state index >= 15 is 0 Å². The number of hydrogen-bond acceptors (Lipinski definition) is 4. The molecule has 0 aliphatic carbocycles. The number of rotatable bonds is 5. The molecule has 0 aromatic carbocycles. The molecule has 0 spiro atoms. The van der Waals surface area contributed by atoms with Gasteiger partial charge in [-0.25, -0.2) is 4.98 Å². The molecule has 1 amide bonds. The molecule has 2 heterocycles. The normalized spacial score (nSPS) is 18.6. The van der Waals surface area contributed by atoms with Crippen LogP contribution in [0, 0.1) is 19.8 Å². The van der Waals surface area contributed by atoms with Crippen LogP contribution in [0.3, 0.4) is 0 Å². The summed E-state index contributed by atoms with van der Waals surface area (Å²) < 4.78 is 0. The van der Waals surface area contributed by atoms with E-state index < -0.39 is 0 Å². The van der Waals surface area contributed by atoms with E-state index in [1.165, 1.54) is 6.42 Å². The van der Waals surface area contributed by atoms with Crippen molar-refractivity contribution in [3.63, 3.8) is 0 Å². The first kappa shape index (κ1) is 15.7. The first-order chi connectivity index (χ1) is 10.1. The highest BCUT2D eigenvalue weighted by atomic mass is 16.1. The lowest BCUT2D eigenvalue weighted by Crippen LogP contribution is -2.41. The number of piperidine rings is 1. The predicted octanol–water partition coefficient (Wildman–Crippen LogP) is 2.23. The molecule has 5 nitrogen and oxygen atoms in total. The number of nitrogens with one attached hydrogen (secondary N) is 1. The smallest absolute Gasteiger partial charge is 0.219 e. The van der Waals surface area contributed by atoms with Crippen molar-refractivity contribution in [1.82, 2.24) is 15.3 Å². The molecular weight excluding hydrogens is 264 g/mol. The van der Waals surface area contributed by atoms with Crippen molar-refractivity contribution in [2.75, 3.05) is 24.5 Å². The zero-order chi connectivity index (χ0) is 15.2. The van der Waals surface area contributed by atoms with Crippen LogP contribution in [0.5, 0.6) is 0 Å². The van der Waals surface area contributed by atoms with Crippen LogP contribution in [0.1, 0.15) is 44.0 Å². The van der Waals surface area contributed by atoms with Crippen LogP contribution in [0.2, 0.25) is 0 Å². The highest BCUT2D eigenvalue weighted by Crippen LogP contribution is 2.23.